The van der Waals surface area contributed by atoms with Crippen LogP contribution in [0, 0.1) is 5.92 Å². The first kappa shape index (κ1) is 25.0. The molecule has 0 spiro atoms. The topological polar surface area (TPSA) is 61.4 Å². The number of benzene rings is 1. The van der Waals surface area contributed by atoms with Crippen molar-refractivity contribution in [3.05, 3.63) is 35.4 Å². The number of likely N-dealkylation sites (N-methyl/N-ethyl adjacent to an activating group) is 1. The fourth-order valence-electron chi connectivity index (χ4n) is 4.33. The number of aliphatic imine (C=N–C) groups is 1. The van der Waals surface area contributed by atoms with Crippen LogP contribution >= 0.6 is 0 Å². The number of hydrogen-bond acceptors (Lipinski definition) is 5. The molecule has 32 heavy (non-hydrogen) atoms. The smallest absolute Gasteiger partial charge is 0.191 e. The molecule has 2 aliphatic rings. The van der Waals surface area contributed by atoms with Crippen LogP contribution in [0.15, 0.2) is 29.3 Å². The van der Waals surface area contributed by atoms with Gasteiger partial charge in [0.2, 0.25) is 0 Å². The second kappa shape index (κ2) is 14.5. The van der Waals surface area contributed by atoms with E-state index in [4.69, 9.17) is 9.47 Å². The summed E-state index contributed by atoms with van der Waals surface area (Å²) in [5.74, 6) is 1.52. The van der Waals surface area contributed by atoms with E-state index in [1.807, 2.05) is 7.05 Å². The van der Waals surface area contributed by atoms with Crippen molar-refractivity contribution < 1.29 is 9.47 Å². The second-order valence-corrected chi connectivity index (χ2v) is 8.82. The van der Waals surface area contributed by atoms with Crippen molar-refractivity contribution in [1.82, 2.24) is 20.4 Å². The van der Waals surface area contributed by atoms with Gasteiger partial charge in [0.15, 0.2) is 5.96 Å². The minimum Gasteiger partial charge on any atom is -0.381 e. The third kappa shape index (κ3) is 8.70. The number of ether oxygens (including phenoxy) is 2. The summed E-state index contributed by atoms with van der Waals surface area (Å²) in [4.78, 5) is 9.47. The molecule has 0 aromatic heterocycles. The fourth-order valence-corrected chi connectivity index (χ4v) is 4.33. The van der Waals surface area contributed by atoms with Gasteiger partial charge in [-0.25, -0.2) is 0 Å². The van der Waals surface area contributed by atoms with Crippen molar-refractivity contribution in [1.29, 1.82) is 0 Å². The van der Waals surface area contributed by atoms with Gasteiger partial charge in [0.1, 0.15) is 0 Å². The SMILES string of the molecule is CCN1CCN(Cc2ccccc2CNC(=NC)NCCCOCC2CCOCC2)CC1. The van der Waals surface area contributed by atoms with Crippen LogP contribution < -0.4 is 10.6 Å². The fraction of sp³-hybridized carbons (Fsp3) is 0.720. The maximum atomic E-state index is 5.86. The molecule has 2 heterocycles. The maximum absolute atomic E-state index is 5.86. The average Bonchev–Trinajstić information content (AvgIpc) is 2.85. The Bertz CT molecular complexity index is 670. The molecular weight excluding hydrogens is 402 g/mol. The average molecular weight is 446 g/mol. The summed E-state index contributed by atoms with van der Waals surface area (Å²) in [7, 11) is 1.83. The van der Waals surface area contributed by atoms with Crippen LogP contribution in [0.25, 0.3) is 0 Å². The Kier molecular flexibility index (Phi) is 11.3. The molecule has 0 saturated carbocycles. The first-order valence-corrected chi connectivity index (χ1v) is 12.4. The summed E-state index contributed by atoms with van der Waals surface area (Å²) < 4.78 is 11.3. The van der Waals surface area contributed by atoms with E-state index in [-0.39, 0.29) is 0 Å². The standard InChI is InChI=1S/C25H43N5O2/c1-3-29-12-14-30(15-13-29)20-24-8-5-4-7-23(24)19-28-25(26-2)27-11-6-16-32-21-22-9-17-31-18-10-22/h4-5,7-8,22H,3,6,9-21H2,1-2H3,(H2,26,27,28). The summed E-state index contributed by atoms with van der Waals surface area (Å²) in [6.07, 6.45) is 3.24. The molecule has 0 aliphatic carbocycles. The highest BCUT2D eigenvalue weighted by Gasteiger charge is 2.17. The van der Waals surface area contributed by atoms with Crippen LogP contribution in [0.5, 0.6) is 0 Å². The van der Waals surface area contributed by atoms with E-state index < -0.39 is 0 Å². The van der Waals surface area contributed by atoms with E-state index in [9.17, 15) is 0 Å². The highest BCUT2D eigenvalue weighted by Crippen LogP contribution is 2.15. The van der Waals surface area contributed by atoms with Crippen molar-refractivity contribution >= 4 is 5.96 Å². The monoisotopic (exact) mass is 445 g/mol. The first-order chi connectivity index (χ1) is 15.8. The molecule has 7 nitrogen and oxygen atoms in total. The van der Waals surface area contributed by atoms with Gasteiger partial charge in [-0.15, -0.1) is 0 Å². The molecule has 0 amide bonds. The Morgan fingerprint density at radius 1 is 1.06 bits per heavy atom. The van der Waals surface area contributed by atoms with Crippen molar-refractivity contribution in [3.8, 4) is 0 Å². The number of hydrogen-bond donors (Lipinski definition) is 2. The molecule has 180 valence electrons. The van der Waals surface area contributed by atoms with Gasteiger partial charge in [-0.1, -0.05) is 31.2 Å². The summed E-state index contributed by atoms with van der Waals surface area (Å²) in [5.41, 5.74) is 2.75. The molecule has 2 saturated heterocycles. The predicted octanol–water partition coefficient (Wildman–Crippen LogP) is 2.32. The lowest BCUT2D eigenvalue weighted by atomic mass is 10.0. The molecule has 2 N–H and O–H groups in total. The van der Waals surface area contributed by atoms with Crippen molar-refractivity contribution in [2.75, 3.05) is 72.7 Å². The van der Waals surface area contributed by atoms with Crippen LogP contribution in [0.3, 0.4) is 0 Å². The summed E-state index contributed by atoms with van der Waals surface area (Å²) >= 11 is 0. The molecule has 1 aromatic carbocycles. The Labute approximate surface area is 194 Å². The lowest BCUT2D eigenvalue weighted by Crippen LogP contribution is -2.45. The normalized spacial score (nSPS) is 19.2. The van der Waals surface area contributed by atoms with E-state index in [2.05, 4.69) is 56.6 Å². The van der Waals surface area contributed by atoms with Crippen LogP contribution in [0.1, 0.15) is 37.3 Å². The third-order valence-corrected chi connectivity index (χ3v) is 6.55. The summed E-state index contributed by atoms with van der Waals surface area (Å²) in [6, 6.07) is 8.76. The van der Waals surface area contributed by atoms with Gasteiger partial charge in [0, 0.05) is 79.3 Å². The Hall–Kier alpha value is -1.67. The van der Waals surface area contributed by atoms with E-state index in [1.165, 1.54) is 24.2 Å². The minimum absolute atomic E-state index is 0.668. The molecule has 2 fully saturated rings. The van der Waals surface area contributed by atoms with Gasteiger partial charge in [0.05, 0.1) is 0 Å². The van der Waals surface area contributed by atoms with Crippen LogP contribution in [0.2, 0.25) is 0 Å². The third-order valence-electron chi connectivity index (χ3n) is 6.55. The zero-order chi connectivity index (χ0) is 22.4. The van der Waals surface area contributed by atoms with E-state index >= 15 is 0 Å². The quantitative estimate of drug-likeness (QED) is 0.310. The summed E-state index contributed by atoms with van der Waals surface area (Å²) in [5, 5.41) is 6.89. The lowest BCUT2D eigenvalue weighted by Gasteiger charge is -2.34. The number of rotatable bonds is 11. The number of nitrogens with zero attached hydrogens (tertiary/aromatic N) is 3. The molecule has 7 heteroatoms. The number of nitrogens with one attached hydrogen (secondary N) is 2. The predicted molar refractivity (Wildman–Crippen MR) is 131 cm³/mol. The number of piperazine rings is 1. The van der Waals surface area contributed by atoms with Gasteiger partial charge in [-0.3, -0.25) is 9.89 Å². The highest BCUT2D eigenvalue weighted by atomic mass is 16.5. The maximum Gasteiger partial charge on any atom is 0.191 e. The minimum atomic E-state index is 0.668. The van der Waals surface area contributed by atoms with Crippen LogP contribution in [-0.2, 0) is 22.6 Å². The van der Waals surface area contributed by atoms with Crippen LogP contribution in [-0.4, -0.2) is 88.5 Å². The van der Waals surface area contributed by atoms with Gasteiger partial charge in [0.25, 0.3) is 0 Å². The molecule has 0 atom stereocenters. The molecule has 0 bridgehead atoms. The van der Waals surface area contributed by atoms with Crippen molar-refractivity contribution in [3.63, 3.8) is 0 Å². The van der Waals surface area contributed by atoms with Crippen molar-refractivity contribution in [2.45, 2.75) is 39.3 Å². The lowest BCUT2D eigenvalue weighted by molar-refractivity contribution is 0.0203. The largest absolute Gasteiger partial charge is 0.381 e. The van der Waals surface area contributed by atoms with Gasteiger partial charge in [-0.2, -0.15) is 0 Å². The zero-order valence-corrected chi connectivity index (χ0v) is 20.2. The first-order valence-electron chi connectivity index (χ1n) is 12.4. The second-order valence-electron chi connectivity index (χ2n) is 8.82. The molecule has 2 aliphatic heterocycles. The molecule has 0 radical (unpaired) electrons. The van der Waals surface area contributed by atoms with Crippen LogP contribution in [0.4, 0.5) is 0 Å². The number of guanidine groups is 1. The van der Waals surface area contributed by atoms with Crippen molar-refractivity contribution in [2.24, 2.45) is 10.9 Å². The molecule has 0 unspecified atom stereocenters. The molecule has 3 rings (SSSR count). The summed E-state index contributed by atoms with van der Waals surface area (Å²) in [6.45, 7) is 14.1. The van der Waals surface area contributed by atoms with E-state index in [0.717, 1.165) is 90.9 Å². The Morgan fingerprint density at radius 2 is 1.78 bits per heavy atom. The molecule has 1 aromatic rings. The molecular formula is C25H43N5O2. The Balaban J connectivity index is 1.33. The zero-order valence-electron chi connectivity index (χ0n) is 20.2. The highest BCUT2D eigenvalue weighted by molar-refractivity contribution is 5.79. The van der Waals surface area contributed by atoms with Gasteiger partial charge < -0.3 is 25.0 Å². The van der Waals surface area contributed by atoms with Gasteiger partial charge in [-0.05, 0) is 42.9 Å². The Morgan fingerprint density at radius 3 is 2.50 bits per heavy atom. The van der Waals surface area contributed by atoms with E-state index in [1.54, 1.807) is 0 Å². The van der Waals surface area contributed by atoms with E-state index in [0.29, 0.717) is 5.92 Å². The van der Waals surface area contributed by atoms with Gasteiger partial charge >= 0.3 is 0 Å².